The van der Waals surface area contributed by atoms with Gasteiger partial charge in [-0.25, -0.2) is 0 Å². The Labute approximate surface area is 116 Å². The van der Waals surface area contributed by atoms with Crippen molar-refractivity contribution in [2.45, 2.75) is 6.92 Å². The van der Waals surface area contributed by atoms with Gasteiger partial charge in [0.25, 0.3) is 5.91 Å². The average molecular weight is 279 g/mol. The number of aliphatic hydroxyl groups is 1. The number of aliphatic hydroxyl groups excluding tert-OH is 1. The van der Waals surface area contributed by atoms with Crippen molar-refractivity contribution in [3.8, 4) is 0 Å². The zero-order chi connectivity index (χ0) is 13.7. The largest absolute Gasteiger partial charge is 0.394 e. The summed E-state index contributed by atoms with van der Waals surface area (Å²) in [4.78, 5) is 12.8. The van der Waals surface area contributed by atoms with Crippen LogP contribution in [0.4, 0.5) is 0 Å². The van der Waals surface area contributed by atoms with E-state index in [0.717, 1.165) is 20.5 Å². The van der Waals surface area contributed by atoms with Crippen molar-refractivity contribution in [3.63, 3.8) is 0 Å². The molecule has 2 rings (SSSR count). The highest BCUT2D eigenvalue weighted by Crippen LogP contribution is 2.30. The summed E-state index contributed by atoms with van der Waals surface area (Å²) in [6, 6.07) is 8.01. The minimum Gasteiger partial charge on any atom is -0.394 e. The molecule has 1 amide bonds. The monoisotopic (exact) mass is 279 g/mol. The zero-order valence-electron chi connectivity index (χ0n) is 10.8. The van der Waals surface area contributed by atoms with Crippen LogP contribution in [0, 0.1) is 6.92 Å². The number of hydrogen-bond donors (Lipinski definition) is 2. The minimum absolute atomic E-state index is 0.00334. The summed E-state index contributed by atoms with van der Waals surface area (Å²) in [6.07, 6.45) is 0. The van der Waals surface area contributed by atoms with Gasteiger partial charge in [0.05, 0.1) is 24.7 Å². The lowest BCUT2D eigenvalue weighted by Crippen LogP contribution is -2.27. The number of amides is 1. The van der Waals surface area contributed by atoms with Gasteiger partial charge in [-0.3, -0.25) is 4.79 Å². The average Bonchev–Trinajstić information content (AvgIpc) is 2.76. The maximum atomic E-state index is 12.1. The topological polar surface area (TPSA) is 58.6 Å². The van der Waals surface area contributed by atoms with Crippen molar-refractivity contribution in [2.24, 2.45) is 0 Å². The smallest absolute Gasteiger partial charge is 0.261 e. The van der Waals surface area contributed by atoms with Crippen molar-refractivity contribution >= 4 is 27.3 Å². The summed E-state index contributed by atoms with van der Waals surface area (Å²) < 4.78 is 6.22. The number of benzene rings is 1. The Morgan fingerprint density at radius 2 is 2.16 bits per heavy atom. The van der Waals surface area contributed by atoms with Gasteiger partial charge in [0.15, 0.2) is 0 Å². The number of rotatable bonds is 6. The Morgan fingerprint density at radius 3 is 2.89 bits per heavy atom. The molecule has 0 unspecified atom stereocenters. The first kappa shape index (κ1) is 14.0. The zero-order valence-corrected chi connectivity index (χ0v) is 11.6. The Hall–Kier alpha value is -1.43. The Morgan fingerprint density at radius 1 is 1.37 bits per heavy atom. The molecule has 1 heterocycles. The SMILES string of the molecule is Cc1c(C(=O)NCCOCCO)sc2ccccc12. The quantitative estimate of drug-likeness (QED) is 0.795. The predicted molar refractivity (Wildman–Crippen MR) is 76.8 cm³/mol. The second-order valence-electron chi connectivity index (χ2n) is 4.14. The number of hydrogen-bond acceptors (Lipinski definition) is 4. The summed E-state index contributed by atoms with van der Waals surface area (Å²) >= 11 is 1.51. The lowest BCUT2D eigenvalue weighted by Gasteiger charge is -2.04. The van der Waals surface area contributed by atoms with E-state index in [1.54, 1.807) is 0 Å². The van der Waals surface area contributed by atoms with E-state index >= 15 is 0 Å². The highest BCUT2D eigenvalue weighted by molar-refractivity contribution is 7.21. The molecule has 5 heteroatoms. The summed E-state index contributed by atoms with van der Waals surface area (Å²) in [5.41, 5.74) is 1.02. The second kappa shape index (κ2) is 6.65. The van der Waals surface area contributed by atoms with Gasteiger partial charge in [-0.2, -0.15) is 0 Å². The van der Waals surface area contributed by atoms with Gasteiger partial charge in [-0.05, 0) is 23.9 Å². The van der Waals surface area contributed by atoms with E-state index in [1.165, 1.54) is 11.3 Å². The molecule has 0 fully saturated rings. The molecule has 19 heavy (non-hydrogen) atoms. The van der Waals surface area contributed by atoms with E-state index in [1.807, 2.05) is 31.2 Å². The van der Waals surface area contributed by atoms with E-state index in [2.05, 4.69) is 5.32 Å². The third-order valence-electron chi connectivity index (χ3n) is 2.82. The van der Waals surface area contributed by atoms with Crippen LogP contribution in [0.2, 0.25) is 0 Å². The number of nitrogens with one attached hydrogen (secondary N) is 1. The first-order valence-electron chi connectivity index (χ1n) is 6.19. The molecule has 2 aromatic rings. The fourth-order valence-electron chi connectivity index (χ4n) is 1.87. The predicted octanol–water partition coefficient (Wildman–Crippen LogP) is 1.95. The van der Waals surface area contributed by atoms with Crippen LogP contribution >= 0.6 is 11.3 Å². The third-order valence-corrected chi connectivity index (χ3v) is 4.09. The third kappa shape index (κ3) is 3.32. The van der Waals surface area contributed by atoms with Gasteiger partial charge in [0.2, 0.25) is 0 Å². The molecule has 102 valence electrons. The number of ether oxygens (including phenoxy) is 1. The van der Waals surface area contributed by atoms with Crippen molar-refractivity contribution < 1.29 is 14.6 Å². The molecular weight excluding hydrogens is 262 g/mol. The number of aryl methyl sites for hydroxylation is 1. The van der Waals surface area contributed by atoms with Gasteiger partial charge in [-0.1, -0.05) is 18.2 Å². The van der Waals surface area contributed by atoms with Gasteiger partial charge in [0.1, 0.15) is 0 Å². The Balaban J connectivity index is 1.99. The highest BCUT2D eigenvalue weighted by atomic mass is 32.1. The molecular formula is C14H17NO3S. The normalized spacial score (nSPS) is 10.8. The van der Waals surface area contributed by atoms with Gasteiger partial charge in [0, 0.05) is 11.2 Å². The molecule has 0 bridgehead atoms. The molecule has 4 nitrogen and oxygen atoms in total. The lowest BCUT2D eigenvalue weighted by molar-refractivity contribution is 0.0840. The molecule has 1 aromatic heterocycles. The number of carbonyl (C=O) groups is 1. The standard InChI is InChI=1S/C14H17NO3S/c1-10-11-4-2-3-5-12(11)19-13(10)14(17)15-6-8-18-9-7-16/h2-5,16H,6-9H2,1H3,(H,15,17). The number of thiophene rings is 1. The number of carbonyl (C=O) groups excluding carboxylic acids is 1. The second-order valence-corrected chi connectivity index (χ2v) is 5.20. The van der Waals surface area contributed by atoms with Crippen LogP contribution in [-0.2, 0) is 4.74 Å². The molecule has 1 aromatic carbocycles. The van der Waals surface area contributed by atoms with E-state index in [9.17, 15) is 4.79 Å². The Kier molecular flexibility index (Phi) is 4.90. The van der Waals surface area contributed by atoms with E-state index in [4.69, 9.17) is 9.84 Å². The van der Waals surface area contributed by atoms with Crippen molar-refractivity contribution in [1.82, 2.24) is 5.32 Å². The molecule has 0 atom stereocenters. The summed E-state index contributed by atoms with van der Waals surface area (Å²) in [7, 11) is 0. The summed E-state index contributed by atoms with van der Waals surface area (Å²) in [5.74, 6) is -0.0636. The van der Waals surface area contributed by atoms with E-state index in [-0.39, 0.29) is 12.5 Å². The van der Waals surface area contributed by atoms with Crippen LogP contribution in [0.3, 0.4) is 0 Å². The van der Waals surface area contributed by atoms with E-state index in [0.29, 0.717) is 19.8 Å². The van der Waals surface area contributed by atoms with Crippen LogP contribution in [0.1, 0.15) is 15.2 Å². The van der Waals surface area contributed by atoms with Gasteiger partial charge in [-0.15, -0.1) is 11.3 Å². The first-order chi connectivity index (χ1) is 9.24. The minimum atomic E-state index is -0.0636. The molecule has 0 aliphatic carbocycles. The van der Waals surface area contributed by atoms with Crippen molar-refractivity contribution in [3.05, 3.63) is 34.7 Å². The maximum absolute atomic E-state index is 12.1. The molecule has 0 aliphatic heterocycles. The van der Waals surface area contributed by atoms with Gasteiger partial charge >= 0.3 is 0 Å². The maximum Gasteiger partial charge on any atom is 0.261 e. The molecule has 0 spiro atoms. The van der Waals surface area contributed by atoms with Crippen LogP contribution in [0.15, 0.2) is 24.3 Å². The fourth-order valence-corrected chi connectivity index (χ4v) is 3.00. The first-order valence-corrected chi connectivity index (χ1v) is 7.00. The van der Waals surface area contributed by atoms with Crippen LogP contribution in [-0.4, -0.2) is 37.4 Å². The van der Waals surface area contributed by atoms with Crippen LogP contribution in [0.25, 0.3) is 10.1 Å². The summed E-state index contributed by atoms with van der Waals surface area (Å²) in [5, 5.41) is 12.5. The number of fused-ring (bicyclic) bond motifs is 1. The highest BCUT2D eigenvalue weighted by Gasteiger charge is 2.14. The summed E-state index contributed by atoms with van der Waals surface area (Å²) in [6.45, 7) is 3.14. The lowest BCUT2D eigenvalue weighted by atomic mass is 10.1. The molecule has 0 radical (unpaired) electrons. The van der Waals surface area contributed by atoms with Crippen LogP contribution < -0.4 is 5.32 Å². The molecule has 0 saturated heterocycles. The molecule has 0 aliphatic rings. The van der Waals surface area contributed by atoms with E-state index < -0.39 is 0 Å². The van der Waals surface area contributed by atoms with Crippen molar-refractivity contribution in [1.29, 1.82) is 0 Å². The van der Waals surface area contributed by atoms with Gasteiger partial charge < -0.3 is 15.2 Å². The molecule has 0 saturated carbocycles. The fraction of sp³-hybridized carbons (Fsp3) is 0.357. The molecule has 2 N–H and O–H groups in total. The Bertz CT molecular complexity index is 565. The van der Waals surface area contributed by atoms with Crippen LogP contribution in [0.5, 0.6) is 0 Å². The van der Waals surface area contributed by atoms with Crippen molar-refractivity contribution in [2.75, 3.05) is 26.4 Å².